The lowest BCUT2D eigenvalue weighted by molar-refractivity contribution is 0.403. The number of thiol groups is 1. The van der Waals surface area contributed by atoms with Crippen LogP contribution in [-0.4, -0.2) is 28.8 Å². The quantitative estimate of drug-likeness (QED) is 0.341. The molecule has 0 aromatic carbocycles. The van der Waals surface area contributed by atoms with Crippen molar-refractivity contribution in [3.05, 3.63) is 0 Å². The van der Waals surface area contributed by atoms with E-state index >= 15 is 0 Å². The highest BCUT2D eigenvalue weighted by Crippen LogP contribution is 1.92. The van der Waals surface area contributed by atoms with Crippen LogP contribution in [0.4, 0.5) is 0 Å². The van der Waals surface area contributed by atoms with E-state index in [9.17, 15) is 0 Å². The van der Waals surface area contributed by atoms with Crippen molar-refractivity contribution in [1.82, 2.24) is 4.90 Å². The van der Waals surface area contributed by atoms with Gasteiger partial charge in [-0.05, 0) is 25.8 Å². The van der Waals surface area contributed by atoms with Crippen LogP contribution in [0.25, 0.3) is 0 Å². The van der Waals surface area contributed by atoms with E-state index in [4.69, 9.17) is 0 Å². The van der Waals surface area contributed by atoms with E-state index in [0.717, 1.165) is 10.3 Å². The van der Waals surface area contributed by atoms with Crippen LogP contribution >= 0.6 is 35.2 Å². The predicted molar refractivity (Wildman–Crippen MR) is 50.0 cm³/mol. The molecule has 0 saturated carbocycles. The normalized spacial score (nSPS) is 10.5. The molecule has 3 heteroatoms. The van der Waals surface area contributed by atoms with E-state index in [1.807, 2.05) is 0 Å². The third-order valence-electron chi connectivity index (χ3n) is 0.902. The van der Waals surface area contributed by atoms with Gasteiger partial charge in [-0.25, -0.2) is 0 Å². The van der Waals surface area contributed by atoms with Crippen molar-refractivity contribution < 1.29 is 0 Å². The summed E-state index contributed by atoms with van der Waals surface area (Å²) in [6, 6.07) is 0. The van der Waals surface area contributed by atoms with Gasteiger partial charge in [0.15, 0.2) is 0 Å². The number of hydrogen-bond acceptors (Lipinski definition) is 2. The molecule has 0 rings (SSSR count). The molecule has 0 fully saturated rings. The highest BCUT2D eigenvalue weighted by molar-refractivity contribution is 14.1. The van der Waals surface area contributed by atoms with Crippen molar-refractivity contribution in [2.24, 2.45) is 0 Å². The van der Waals surface area contributed by atoms with Crippen molar-refractivity contribution in [2.75, 3.05) is 23.9 Å². The van der Waals surface area contributed by atoms with Crippen LogP contribution in [0.3, 0.4) is 0 Å². The van der Waals surface area contributed by atoms with Gasteiger partial charge in [-0.1, -0.05) is 22.6 Å². The maximum atomic E-state index is 4.10. The topological polar surface area (TPSA) is 3.24 Å². The molecule has 0 unspecified atom stereocenters. The van der Waals surface area contributed by atoms with Crippen LogP contribution in [0, 0.1) is 0 Å². The van der Waals surface area contributed by atoms with Crippen LogP contribution in [0.1, 0.15) is 6.42 Å². The Morgan fingerprint density at radius 3 is 2.62 bits per heavy atom. The Morgan fingerprint density at radius 2 is 2.25 bits per heavy atom. The van der Waals surface area contributed by atoms with Crippen LogP contribution in [0.5, 0.6) is 0 Å². The average molecular weight is 245 g/mol. The molecule has 0 aliphatic rings. The highest BCUT2D eigenvalue weighted by atomic mass is 127. The van der Waals surface area contributed by atoms with E-state index in [2.05, 4.69) is 47.2 Å². The van der Waals surface area contributed by atoms with Gasteiger partial charge >= 0.3 is 0 Å². The minimum absolute atomic E-state index is 1.00. The largest absolute Gasteiger partial charge is 0.297 e. The van der Waals surface area contributed by atoms with Crippen LogP contribution < -0.4 is 0 Å². The zero-order valence-corrected chi connectivity index (χ0v) is 8.15. The SMILES string of the molecule is CN(CI)CCCS. The lowest BCUT2D eigenvalue weighted by Crippen LogP contribution is -2.17. The third kappa shape index (κ3) is 5.18. The second kappa shape index (κ2) is 6.16. The Bertz CT molecular complexity index is 51.7. The maximum Gasteiger partial charge on any atom is 0.0502 e. The summed E-state index contributed by atoms with van der Waals surface area (Å²) < 4.78 is 1.12. The molecule has 0 spiro atoms. The average Bonchev–Trinajstić information content (AvgIpc) is 1.83. The van der Waals surface area contributed by atoms with Crippen molar-refractivity contribution in [3.63, 3.8) is 0 Å². The zero-order chi connectivity index (χ0) is 6.41. The third-order valence-corrected chi connectivity index (χ3v) is 2.38. The monoisotopic (exact) mass is 245 g/mol. The molecule has 0 amide bonds. The molecule has 0 aliphatic heterocycles. The second-order valence-corrected chi connectivity index (χ2v) is 2.91. The van der Waals surface area contributed by atoms with Crippen LogP contribution in [0.15, 0.2) is 0 Å². The number of alkyl halides is 1. The van der Waals surface area contributed by atoms with E-state index < -0.39 is 0 Å². The minimum Gasteiger partial charge on any atom is -0.297 e. The fraction of sp³-hybridized carbons (Fsp3) is 1.00. The summed E-state index contributed by atoms with van der Waals surface area (Å²) in [4.78, 5) is 2.27. The number of nitrogens with zero attached hydrogens (tertiary/aromatic N) is 1. The number of hydrogen-bond donors (Lipinski definition) is 1. The number of rotatable bonds is 4. The van der Waals surface area contributed by atoms with Crippen molar-refractivity contribution in [3.8, 4) is 0 Å². The molecule has 0 aromatic rings. The molecule has 0 aromatic heterocycles. The Kier molecular flexibility index (Phi) is 6.97. The van der Waals surface area contributed by atoms with E-state index in [1.54, 1.807) is 0 Å². The van der Waals surface area contributed by atoms with Crippen LogP contribution in [0.2, 0.25) is 0 Å². The van der Waals surface area contributed by atoms with Crippen molar-refractivity contribution in [1.29, 1.82) is 0 Å². The van der Waals surface area contributed by atoms with E-state index in [0.29, 0.717) is 0 Å². The fourth-order valence-electron chi connectivity index (χ4n) is 0.400. The molecular formula is C5H12INS. The predicted octanol–water partition coefficient (Wildman–Crippen LogP) is 1.63. The highest BCUT2D eigenvalue weighted by Gasteiger charge is 1.90. The maximum absolute atomic E-state index is 4.10. The van der Waals surface area contributed by atoms with Gasteiger partial charge in [-0.3, -0.25) is 4.90 Å². The smallest absolute Gasteiger partial charge is 0.0502 e. The fourth-order valence-corrected chi connectivity index (χ4v) is 0.883. The molecule has 0 N–H and O–H groups in total. The van der Waals surface area contributed by atoms with Gasteiger partial charge in [0, 0.05) is 0 Å². The van der Waals surface area contributed by atoms with E-state index in [1.165, 1.54) is 13.0 Å². The Hall–Kier alpha value is 1.04. The minimum atomic E-state index is 1.00. The van der Waals surface area contributed by atoms with Gasteiger partial charge in [0.05, 0.1) is 4.55 Å². The first-order chi connectivity index (χ1) is 3.81. The van der Waals surface area contributed by atoms with Crippen molar-refractivity contribution >= 4 is 35.2 Å². The van der Waals surface area contributed by atoms with Gasteiger partial charge in [0.25, 0.3) is 0 Å². The van der Waals surface area contributed by atoms with Gasteiger partial charge in [0.2, 0.25) is 0 Å². The van der Waals surface area contributed by atoms with Gasteiger partial charge in [-0.15, -0.1) is 0 Å². The molecule has 0 saturated heterocycles. The molecule has 0 radical (unpaired) electrons. The first-order valence-corrected chi connectivity index (χ1v) is 4.82. The molecule has 8 heavy (non-hydrogen) atoms. The molecule has 0 atom stereocenters. The lowest BCUT2D eigenvalue weighted by atomic mass is 10.5. The summed E-state index contributed by atoms with van der Waals surface area (Å²) in [6.45, 7) is 1.17. The lowest BCUT2D eigenvalue weighted by Gasteiger charge is -2.10. The van der Waals surface area contributed by atoms with Crippen LogP contribution in [-0.2, 0) is 0 Å². The molecule has 0 heterocycles. The zero-order valence-electron chi connectivity index (χ0n) is 5.10. The summed E-state index contributed by atoms with van der Waals surface area (Å²) in [7, 11) is 2.12. The summed E-state index contributed by atoms with van der Waals surface area (Å²) in [5.74, 6) is 1.00. The second-order valence-electron chi connectivity index (χ2n) is 1.78. The Balaban J connectivity index is 2.86. The summed E-state index contributed by atoms with van der Waals surface area (Å²) in [5, 5.41) is 0. The molecule has 0 aliphatic carbocycles. The molecular weight excluding hydrogens is 233 g/mol. The standard InChI is InChI=1S/C5H12INS/c1-7(5-6)3-2-4-8/h8H,2-5H2,1H3. The molecule has 50 valence electrons. The summed E-state index contributed by atoms with van der Waals surface area (Å²) in [6.07, 6.45) is 1.20. The summed E-state index contributed by atoms with van der Waals surface area (Å²) >= 11 is 6.46. The Morgan fingerprint density at radius 1 is 1.62 bits per heavy atom. The number of halogens is 1. The van der Waals surface area contributed by atoms with Gasteiger partial charge in [-0.2, -0.15) is 12.6 Å². The van der Waals surface area contributed by atoms with Crippen molar-refractivity contribution in [2.45, 2.75) is 6.42 Å². The van der Waals surface area contributed by atoms with Gasteiger partial charge < -0.3 is 0 Å². The summed E-state index contributed by atoms with van der Waals surface area (Å²) in [5.41, 5.74) is 0. The first-order valence-electron chi connectivity index (χ1n) is 2.66. The molecule has 0 bridgehead atoms. The molecule has 1 nitrogen and oxygen atoms in total. The first kappa shape index (κ1) is 9.04. The van der Waals surface area contributed by atoms with Gasteiger partial charge in [0.1, 0.15) is 0 Å². The Labute approximate surface area is 70.4 Å². The van der Waals surface area contributed by atoms with E-state index in [-0.39, 0.29) is 0 Å².